The van der Waals surface area contributed by atoms with Crippen molar-refractivity contribution in [1.29, 1.82) is 0 Å². The second-order valence-corrected chi connectivity index (χ2v) is 5.73. The van der Waals surface area contributed by atoms with Gasteiger partial charge in [-0.2, -0.15) is 0 Å². The highest BCUT2D eigenvalue weighted by molar-refractivity contribution is 5.24. The van der Waals surface area contributed by atoms with Crippen LogP contribution >= 0.6 is 0 Å². The van der Waals surface area contributed by atoms with Gasteiger partial charge in [0.1, 0.15) is 5.82 Å². The van der Waals surface area contributed by atoms with E-state index >= 15 is 0 Å². The van der Waals surface area contributed by atoms with Crippen molar-refractivity contribution in [3.05, 3.63) is 35.6 Å². The fraction of sp³-hybridized carbons (Fsp3) is 0.600. The Hall–Kier alpha value is -0.890. The highest BCUT2D eigenvalue weighted by Gasteiger charge is 2.41. The Labute approximate surface area is 102 Å². The molecule has 3 rings (SSSR count). The van der Waals surface area contributed by atoms with Crippen molar-refractivity contribution < 1.29 is 9.50 Å². The average molecular weight is 234 g/mol. The minimum atomic E-state index is -0.709. The maximum Gasteiger partial charge on any atom is 0.123 e. The zero-order valence-corrected chi connectivity index (χ0v) is 10.0. The average Bonchev–Trinajstić information content (AvgIpc) is 3.13. The summed E-state index contributed by atoms with van der Waals surface area (Å²) >= 11 is 0. The lowest BCUT2D eigenvalue weighted by atomic mass is 9.73. The maximum absolute atomic E-state index is 12.9. The molecule has 2 fully saturated rings. The molecule has 0 aliphatic heterocycles. The van der Waals surface area contributed by atoms with E-state index in [4.69, 9.17) is 0 Å². The Bertz CT molecular complexity index is 396. The predicted molar refractivity (Wildman–Crippen MR) is 65.0 cm³/mol. The molecular weight excluding hydrogens is 215 g/mol. The van der Waals surface area contributed by atoms with Crippen LogP contribution in [0.5, 0.6) is 0 Å². The van der Waals surface area contributed by atoms with E-state index in [2.05, 4.69) is 0 Å². The summed E-state index contributed by atoms with van der Waals surface area (Å²) < 4.78 is 12.9. The summed E-state index contributed by atoms with van der Waals surface area (Å²) in [6, 6.07) is 6.39. The van der Waals surface area contributed by atoms with Crippen LogP contribution < -0.4 is 0 Å². The number of rotatable bonds is 2. The molecule has 17 heavy (non-hydrogen) atoms. The molecular formula is C15H19FO. The van der Waals surface area contributed by atoms with E-state index in [-0.39, 0.29) is 5.82 Å². The van der Waals surface area contributed by atoms with Crippen LogP contribution in [-0.2, 0) is 5.60 Å². The van der Waals surface area contributed by atoms with E-state index in [1.54, 1.807) is 12.1 Å². The number of halogens is 1. The zero-order valence-electron chi connectivity index (χ0n) is 10.0. The number of benzene rings is 1. The summed E-state index contributed by atoms with van der Waals surface area (Å²) in [7, 11) is 0. The van der Waals surface area contributed by atoms with Crippen LogP contribution in [0.15, 0.2) is 24.3 Å². The van der Waals surface area contributed by atoms with Gasteiger partial charge in [-0.1, -0.05) is 12.1 Å². The van der Waals surface area contributed by atoms with Gasteiger partial charge in [0, 0.05) is 0 Å². The Kier molecular flexibility index (Phi) is 2.70. The first kappa shape index (κ1) is 11.2. The van der Waals surface area contributed by atoms with Gasteiger partial charge in [0.25, 0.3) is 0 Å². The van der Waals surface area contributed by atoms with Crippen LogP contribution in [0.1, 0.15) is 44.1 Å². The second-order valence-electron chi connectivity index (χ2n) is 5.73. The Morgan fingerprint density at radius 3 is 2.41 bits per heavy atom. The SMILES string of the molecule is OC1(c2ccc(F)cc2)CCCC(C2CC2)C1. The van der Waals surface area contributed by atoms with Crippen LogP contribution in [0.2, 0.25) is 0 Å². The predicted octanol–water partition coefficient (Wildman–Crippen LogP) is 3.61. The largest absolute Gasteiger partial charge is 0.385 e. The van der Waals surface area contributed by atoms with E-state index in [0.717, 1.165) is 30.7 Å². The van der Waals surface area contributed by atoms with Gasteiger partial charge in [0.2, 0.25) is 0 Å². The summed E-state index contributed by atoms with van der Waals surface area (Å²) in [6.45, 7) is 0. The van der Waals surface area contributed by atoms with E-state index in [1.807, 2.05) is 0 Å². The van der Waals surface area contributed by atoms with Crippen molar-refractivity contribution in [2.24, 2.45) is 11.8 Å². The number of aliphatic hydroxyl groups is 1. The topological polar surface area (TPSA) is 20.2 Å². The Morgan fingerprint density at radius 2 is 1.76 bits per heavy atom. The molecule has 92 valence electrons. The molecule has 2 aliphatic rings. The summed E-state index contributed by atoms with van der Waals surface area (Å²) in [6.07, 6.45) is 6.71. The Morgan fingerprint density at radius 1 is 1.06 bits per heavy atom. The lowest BCUT2D eigenvalue weighted by molar-refractivity contribution is -0.0251. The summed E-state index contributed by atoms with van der Waals surface area (Å²) in [5.74, 6) is 1.30. The molecule has 2 heteroatoms. The molecule has 0 aromatic heterocycles. The third-order valence-corrected chi connectivity index (χ3v) is 4.44. The first-order valence-electron chi connectivity index (χ1n) is 6.66. The lowest BCUT2D eigenvalue weighted by Crippen LogP contribution is -2.33. The third kappa shape index (κ3) is 2.23. The fourth-order valence-electron chi connectivity index (χ4n) is 3.29. The van der Waals surface area contributed by atoms with Crippen molar-refractivity contribution in [1.82, 2.24) is 0 Å². The van der Waals surface area contributed by atoms with Gasteiger partial charge in [0.05, 0.1) is 5.60 Å². The molecule has 2 atom stereocenters. The molecule has 1 aromatic rings. The molecule has 1 nitrogen and oxygen atoms in total. The maximum atomic E-state index is 12.9. The minimum Gasteiger partial charge on any atom is -0.385 e. The Balaban J connectivity index is 1.81. The van der Waals surface area contributed by atoms with Crippen LogP contribution in [0, 0.1) is 17.7 Å². The van der Waals surface area contributed by atoms with Crippen molar-refractivity contribution in [3.63, 3.8) is 0 Å². The molecule has 1 N–H and O–H groups in total. The van der Waals surface area contributed by atoms with Gasteiger partial charge in [-0.15, -0.1) is 0 Å². The van der Waals surface area contributed by atoms with E-state index in [9.17, 15) is 9.50 Å². The van der Waals surface area contributed by atoms with Crippen LogP contribution in [0.25, 0.3) is 0 Å². The lowest BCUT2D eigenvalue weighted by Gasteiger charge is -2.37. The summed E-state index contributed by atoms with van der Waals surface area (Å²) in [4.78, 5) is 0. The van der Waals surface area contributed by atoms with Crippen LogP contribution in [-0.4, -0.2) is 5.11 Å². The highest BCUT2D eigenvalue weighted by Crippen LogP contribution is 2.49. The first-order valence-corrected chi connectivity index (χ1v) is 6.66. The normalized spacial score (nSPS) is 33.6. The van der Waals surface area contributed by atoms with Gasteiger partial charge in [0.15, 0.2) is 0 Å². The van der Waals surface area contributed by atoms with Gasteiger partial charge in [-0.3, -0.25) is 0 Å². The van der Waals surface area contributed by atoms with Crippen molar-refractivity contribution >= 4 is 0 Å². The molecule has 2 saturated carbocycles. The standard InChI is InChI=1S/C15H19FO/c16-14-7-5-13(6-8-14)15(17)9-1-2-12(10-15)11-3-4-11/h5-8,11-12,17H,1-4,9-10H2. The van der Waals surface area contributed by atoms with Crippen molar-refractivity contribution in [3.8, 4) is 0 Å². The molecule has 0 bridgehead atoms. The van der Waals surface area contributed by atoms with E-state index in [1.165, 1.54) is 31.4 Å². The van der Waals surface area contributed by atoms with Crippen LogP contribution in [0.4, 0.5) is 4.39 Å². The fourth-order valence-corrected chi connectivity index (χ4v) is 3.29. The number of hydrogen-bond donors (Lipinski definition) is 1. The third-order valence-electron chi connectivity index (χ3n) is 4.44. The van der Waals surface area contributed by atoms with Crippen LogP contribution in [0.3, 0.4) is 0 Å². The van der Waals surface area contributed by atoms with Gasteiger partial charge < -0.3 is 5.11 Å². The van der Waals surface area contributed by atoms with Crippen molar-refractivity contribution in [2.45, 2.75) is 44.1 Å². The monoisotopic (exact) mass is 234 g/mol. The van der Waals surface area contributed by atoms with Gasteiger partial charge in [-0.05, 0) is 68.1 Å². The molecule has 1 aromatic carbocycles. The summed E-state index contributed by atoms with van der Waals surface area (Å²) in [5.41, 5.74) is 0.184. The van der Waals surface area contributed by atoms with E-state index in [0.29, 0.717) is 5.92 Å². The van der Waals surface area contributed by atoms with Crippen molar-refractivity contribution in [2.75, 3.05) is 0 Å². The quantitative estimate of drug-likeness (QED) is 0.828. The highest BCUT2D eigenvalue weighted by atomic mass is 19.1. The molecule has 2 aliphatic carbocycles. The minimum absolute atomic E-state index is 0.230. The summed E-state index contributed by atoms with van der Waals surface area (Å²) in [5, 5.41) is 10.8. The van der Waals surface area contributed by atoms with E-state index < -0.39 is 5.60 Å². The number of hydrogen-bond acceptors (Lipinski definition) is 1. The molecule has 0 spiro atoms. The molecule has 0 amide bonds. The second kappa shape index (κ2) is 4.09. The smallest absolute Gasteiger partial charge is 0.123 e. The molecule has 0 saturated heterocycles. The zero-order chi connectivity index (χ0) is 11.9. The van der Waals surface area contributed by atoms with Gasteiger partial charge >= 0.3 is 0 Å². The molecule has 2 unspecified atom stereocenters. The van der Waals surface area contributed by atoms with Gasteiger partial charge in [-0.25, -0.2) is 4.39 Å². The molecule has 0 radical (unpaired) electrons. The first-order chi connectivity index (χ1) is 8.17. The molecule has 0 heterocycles.